The largest absolute Gasteiger partial charge is 0.395 e. The number of fused-ring (bicyclic) bond motifs is 1. The first-order valence-electron chi connectivity index (χ1n) is 7.56. The highest BCUT2D eigenvalue weighted by molar-refractivity contribution is 6.02. The second kappa shape index (κ2) is 6.89. The van der Waals surface area contributed by atoms with Gasteiger partial charge in [-0.25, -0.2) is 4.57 Å². The van der Waals surface area contributed by atoms with E-state index in [1.807, 2.05) is 23.3 Å². The molecule has 1 N–H and O–H groups in total. The zero-order chi connectivity index (χ0) is 15.2. The number of benzene rings is 2. The van der Waals surface area contributed by atoms with Crippen molar-refractivity contribution in [2.45, 2.75) is 19.9 Å². The summed E-state index contributed by atoms with van der Waals surface area (Å²) in [5.41, 5.74) is 2.01. The SMILES string of the molecule is CCCO/N=C(\C[n+]1cc[nH]c1)c1ccc2ccccc2c1. The summed E-state index contributed by atoms with van der Waals surface area (Å²) < 4.78 is 2.04. The van der Waals surface area contributed by atoms with Crippen molar-refractivity contribution in [3.63, 3.8) is 0 Å². The van der Waals surface area contributed by atoms with Gasteiger partial charge in [0.1, 0.15) is 31.3 Å². The van der Waals surface area contributed by atoms with Gasteiger partial charge in [0.2, 0.25) is 6.33 Å². The molecule has 4 nitrogen and oxygen atoms in total. The molecule has 1 heterocycles. The Morgan fingerprint density at radius 2 is 2.05 bits per heavy atom. The average molecular weight is 294 g/mol. The molecule has 2 aromatic carbocycles. The first-order chi connectivity index (χ1) is 10.9. The summed E-state index contributed by atoms with van der Waals surface area (Å²) in [7, 11) is 0. The summed E-state index contributed by atoms with van der Waals surface area (Å²) in [6.45, 7) is 3.38. The van der Waals surface area contributed by atoms with E-state index >= 15 is 0 Å². The van der Waals surface area contributed by atoms with Crippen molar-refractivity contribution in [1.82, 2.24) is 4.98 Å². The molecule has 4 heteroatoms. The lowest BCUT2D eigenvalue weighted by Crippen LogP contribution is -2.35. The highest BCUT2D eigenvalue weighted by Gasteiger charge is 2.10. The van der Waals surface area contributed by atoms with E-state index in [1.165, 1.54) is 10.8 Å². The van der Waals surface area contributed by atoms with Gasteiger partial charge in [0.25, 0.3) is 0 Å². The van der Waals surface area contributed by atoms with E-state index in [0.29, 0.717) is 13.2 Å². The molecule has 0 fully saturated rings. The molecule has 0 unspecified atom stereocenters. The van der Waals surface area contributed by atoms with E-state index in [9.17, 15) is 0 Å². The number of hydrogen-bond donors (Lipinski definition) is 1. The number of nitrogens with one attached hydrogen (secondary N) is 1. The van der Waals surface area contributed by atoms with Gasteiger partial charge in [0.15, 0.2) is 0 Å². The van der Waals surface area contributed by atoms with Crippen LogP contribution in [-0.2, 0) is 11.4 Å². The Morgan fingerprint density at radius 3 is 2.82 bits per heavy atom. The van der Waals surface area contributed by atoms with Gasteiger partial charge in [0, 0.05) is 5.56 Å². The molecule has 3 rings (SSSR count). The number of hydrogen-bond acceptors (Lipinski definition) is 2. The lowest BCUT2D eigenvalue weighted by molar-refractivity contribution is -0.680. The Kier molecular flexibility index (Phi) is 4.49. The minimum atomic E-state index is 0.634. The first-order valence-corrected chi connectivity index (χ1v) is 7.56. The Bertz CT molecular complexity index is 763. The summed E-state index contributed by atoms with van der Waals surface area (Å²) in [5.74, 6) is 0. The Balaban J connectivity index is 1.93. The minimum Gasteiger partial charge on any atom is -0.395 e. The molecule has 0 spiro atoms. The zero-order valence-electron chi connectivity index (χ0n) is 12.7. The summed E-state index contributed by atoms with van der Waals surface area (Å²) in [4.78, 5) is 8.48. The molecular formula is C18H20N3O+. The van der Waals surface area contributed by atoms with Gasteiger partial charge >= 0.3 is 0 Å². The van der Waals surface area contributed by atoms with Crippen LogP contribution < -0.4 is 4.57 Å². The van der Waals surface area contributed by atoms with Gasteiger partial charge in [-0.05, 0) is 23.3 Å². The van der Waals surface area contributed by atoms with E-state index < -0.39 is 0 Å². The van der Waals surface area contributed by atoms with Crippen molar-refractivity contribution in [3.05, 3.63) is 66.7 Å². The smallest absolute Gasteiger partial charge is 0.241 e. The van der Waals surface area contributed by atoms with E-state index in [0.717, 1.165) is 17.7 Å². The predicted molar refractivity (Wildman–Crippen MR) is 87.7 cm³/mol. The second-order valence-corrected chi connectivity index (χ2v) is 5.22. The number of imidazole rings is 1. The van der Waals surface area contributed by atoms with Gasteiger partial charge in [-0.3, -0.25) is 4.98 Å². The maximum Gasteiger partial charge on any atom is 0.241 e. The van der Waals surface area contributed by atoms with E-state index in [-0.39, 0.29) is 0 Å². The molecule has 0 amide bonds. The maximum atomic E-state index is 5.42. The number of oxime groups is 1. The fourth-order valence-corrected chi connectivity index (χ4v) is 2.35. The van der Waals surface area contributed by atoms with Crippen LogP contribution in [0.5, 0.6) is 0 Å². The van der Waals surface area contributed by atoms with Crippen molar-refractivity contribution in [3.8, 4) is 0 Å². The average Bonchev–Trinajstić information content (AvgIpc) is 3.07. The molecule has 0 aliphatic carbocycles. The van der Waals surface area contributed by atoms with Crippen molar-refractivity contribution in [2.24, 2.45) is 5.16 Å². The summed E-state index contributed by atoms with van der Waals surface area (Å²) in [5, 5.41) is 6.79. The fourth-order valence-electron chi connectivity index (χ4n) is 2.35. The number of rotatable bonds is 6. The third-order valence-electron chi connectivity index (χ3n) is 3.49. The number of H-pyrrole nitrogens is 1. The molecule has 3 aromatic rings. The van der Waals surface area contributed by atoms with Gasteiger partial charge in [0.05, 0.1) is 0 Å². The second-order valence-electron chi connectivity index (χ2n) is 5.22. The third-order valence-corrected chi connectivity index (χ3v) is 3.49. The highest BCUT2D eigenvalue weighted by Crippen LogP contribution is 2.16. The van der Waals surface area contributed by atoms with Crippen molar-refractivity contribution in [1.29, 1.82) is 0 Å². The lowest BCUT2D eigenvalue weighted by Gasteiger charge is -2.07. The van der Waals surface area contributed by atoms with Crippen LogP contribution in [0, 0.1) is 0 Å². The van der Waals surface area contributed by atoms with Crippen molar-refractivity contribution >= 4 is 16.5 Å². The van der Waals surface area contributed by atoms with Crippen LogP contribution in [0.1, 0.15) is 18.9 Å². The summed E-state index contributed by atoms with van der Waals surface area (Å²) >= 11 is 0. The minimum absolute atomic E-state index is 0.634. The van der Waals surface area contributed by atoms with Crippen molar-refractivity contribution < 1.29 is 9.40 Å². The van der Waals surface area contributed by atoms with Gasteiger partial charge in [-0.2, -0.15) is 0 Å². The molecule has 0 aliphatic rings. The predicted octanol–water partition coefficient (Wildman–Crippen LogP) is 3.29. The van der Waals surface area contributed by atoms with Gasteiger partial charge < -0.3 is 4.84 Å². The van der Waals surface area contributed by atoms with Crippen LogP contribution in [0.2, 0.25) is 0 Å². The Morgan fingerprint density at radius 1 is 1.18 bits per heavy atom. The van der Waals surface area contributed by atoms with Gasteiger partial charge in [-0.1, -0.05) is 48.5 Å². The molecular weight excluding hydrogens is 274 g/mol. The molecule has 0 saturated heterocycles. The molecule has 0 aliphatic heterocycles. The van der Waals surface area contributed by atoms with Crippen LogP contribution in [-0.4, -0.2) is 17.3 Å². The Labute approximate surface area is 130 Å². The molecule has 1 aromatic heterocycles. The third kappa shape index (κ3) is 3.34. The molecule has 0 radical (unpaired) electrons. The highest BCUT2D eigenvalue weighted by atomic mass is 16.6. The number of aromatic nitrogens is 2. The van der Waals surface area contributed by atoms with E-state index in [4.69, 9.17) is 4.84 Å². The molecule has 112 valence electrons. The molecule has 0 saturated carbocycles. The van der Waals surface area contributed by atoms with Crippen LogP contribution in [0.4, 0.5) is 0 Å². The number of aromatic amines is 1. The normalized spacial score (nSPS) is 11.8. The van der Waals surface area contributed by atoms with Crippen molar-refractivity contribution in [2.75, 3.05) is 6.61 Å². The van der Waals surface area contributed by atoms with Crippen LogP contribution in [0.25, 0.3) is 10.8 Å². The van der Waals surface area contributed by atoms with Gasteiger partial charge in [-0.15, -0.1) is 0 Å². The van der Waals surface area contributed by atoms with E-state index in [1.54, 1.807) is 0 Å². The summed E-state index contributed by atoms with van der Waals surface area (Å²) in [6, 6.07) is 14.7. The van der Waals surface area contributed by atoms with Crippen LogP contribution >= 0.6 is 0 Å². The standard InChI is InChI=1S/C18H19N3O/c1-2-11-22-20-18(13-21-10-9-19-14-21)17-8-7-15-5-3-4-6-16(15)12-17/h3-10,12,14H,2,11,13H2,1H3/p+1/b20-18+. The summed E-state index contributed by atoms with van der Waals surface area (Å²) in [6.07, 6.45) is 6.74. The maximum absolute atomic E-state index is 5.42. The topological polar surface area (TPSA) is 41.3 Å². The first kappa shape index (κ1) is 14.3. The van der Waals surface area contributed by atoms with E-state index in [2.05, 4.69) is 59.5 Å². The molecule has 22 heavy (non-hydrogen) atoms. The van der Waals surface area contributed by atoms with Crippen LogP contribution in [0.15, 0.2) is 66.3 Å². The number of nitrogens with zero attached hydrogens (tertiary/aromatic N) is 2. The molecule has 0 bridgehead atoms. The van der Waals surface area contributed by atoms with Crippen LogP contribution in [0.3, 0.4) is 0 Å². The quantitative estimate of drug-likeness (QED) is 0.322. The molecule has 0 atom stereocenters. The zero-order valence-corrected chi connectivity index (χ0v) is 12.7. The fraction of sp³-hybridized carbons (Fsp3) is 0.222. The monoisotopic (exact) mass is 294 g/mol. The Hall–Kier alpha value is -2.62. The lowest BCUT2D eigenvalue weighted by atomic mass is 10.0.